The summed E-state index contributed by atoms with van der Waals surface area (Å²) >= 11 is 0. The van der Waals surface area contributed by atoms with Crippen molar-refractivity contribution in [3.05, 3.63) is 48.2 Å². The first kappa shape index (κ1) is 18.6. The number of carbonyl (C=O) groups is 1. The van der Waals surface area contributed by atoms with Crippen molar-refractivity contribution in [3.8, 4) is 17.3 Å². The molecule has 29 heavy (non-hydrogen) atoms. The predicted octanol–water partition coefficient (Wildman–Crippen LogP) is 2.22. The summed E-state index contributed by atoms with van der Waals surface area (Å²) in [7, 11) is 0. The number of aromatic hydroxyl groups is 1. The monoisotopic (exact) mass is 394 g/mol. The van der Waals surface area contributed by atoms with Crippen LogP contribution in [0, 0.1) is 0 Å². The van der Waals surface area contributed by atoms with Gasteiger partial charge in [-0.1, -0.05) is 0 Å². The van der Waals surface area contributed by atoms with Crippen LogP contribution in [0.1, 0.15) is 17.3 Å². The number of phenols is 1. The van der Waals surface area contributed by atoms with E-state index in [4.69, 9.17) is 14.6 Å². The molecular weight excluding hydrogens is 376 g/mol. The van der Waals surface area contributed by atoms with Gasteiger partial charge in [-0.25, -0.2) is 9.78 Å². The zero-order valence-electron chi connectivity index (χ0n) is 15.6. The van der Waals surface area contributed by atoms with Crippen molar-refractivity contribution in [2.45, 2.75) is 6.92 Å². The number of rotatable bonds is 6. The van der Waals surface area contributed by atoms with Gasteiger partial charge in [0.1, 0.15) is 23.3 Å². The first-order valence-corrected chi connectivity index (χ1v) is 9.01. The van der Waals surface area contributed by atoms with Crippen LogP contribution in [0.15, 0.2) is 42.6 Å². The van der Waals surface area contributed by atoms with Gasteiger partial charge in [0.05, 0.1) is 18.8 Å². The molecule has 0 radical (unpaired) electrons. The summed E-state index contributed by atoms with van der Waals surface area (Å²) in [5.74, 6) is -0.152. The lowest BCUT2D eigenvalue weighted by Crippen LogP contribution is -2.04. The summed E-state index contributed by atoms with van der Waals surface area (Å²) < 4.78 is 10.4. The van der Waals surface area contributed by atoms with E-state index in [1.165, 1.54) is 11.0 Å². The molecule has 0 spiro atoms. The first-order chi connectivity index (χ1) is 14.1. The van der Waals surface area contributed by atoms with Crippen LogP contribution in [0.5, 0.6) is 11.6 Å². The molecule has 0 saturated carbocycles. The van der Waals surface area contributed by atoms with Crippen molar-refractivity contribution < 1.29 is 24.5 Å². The van der Waals surface area contributed by atoms with Crippen molar-refractivity contribution in [2.75, 3.05) is 19.8 Å². The molecule has 0 atom stereocenters. The fourth-order valence-corrected chi connectivity index (χ4v) is 2.98. The number of benzene rings is 2. The Hall–Kier alpha value is -3.72. The molecule has 0 aliphatic carbocycles. The largest absolute Gasteiger partial charge is 0.505 e. The second-order valence-electron chi connectivity index (χ2n) is 6.13. The smallest absolute Gasteiger partial charge is 0.338 e. The van der Waals surface area contributed by atoms with Crippen LogP contribution in [0.4, 0.5) is 0 Å². The minimum atomic E-state index is -0.430. The highest BCUT2D eigenvalue weighted by Crippen LogP contribution is 2.34. The van der Waals surface area contributed by atoms with E-state index in [9.17, 15) is 9.90 Å². The average Bonchev–Trinajstić information content (AvgIpc) is 3.15. The van der Waals surface area contributed by atoms with Crippen LogP contribution in [0.25, 0.3) is 27.5 Å². The van der Waals surface area contributed by atoms with Crippen LogP contribution in [-0.4, -0.2) is 56.0 Å². The van der Waals surface area contributed by atoms with Gasteiger partial charge >= 0.3 is 5.97 Å². The van der Waals surface area contributed by atoms with E-state index in [2.05, 4.69) is 15.2 Å². The van der Waals surface area contributed by atoms with E-state index in [1.54, 1.807) is 43.3 Å². The molecule has 2 aromatic heterocycles. The molecule has 0 amide bonds. The van der Waals surface area contributed by atoms with Crippen molar-refractivity contribution in [1.29, 1.82) is 0 Å². The first-order valence-electron chi connectivity index (χ1n) is 9.01. The van der Waals surface area contributed by atoms with Gasteiger partial charge in [0.15, 0.2) is 5.75 Å². The van der Waals surface area contributed by atoms with Gasteiger partial charge in [-0.3, -0.25) is 0 Å². The van der Waals surface area contributed by atoms with E-state index in [0.717, 1.165) is 0 Å². The lowest BCUT2D eigenvalue weighted by atomic mass is 10.1. The standard InChI is InChI=1S/C20H18N4O5/c1-2-28-20(27)12-3-5-15-16(11-12)23-24(22-15)17-6-4-14-13(18(17)26)7-8-21-19(14)29-10-9-25/h3-8,11,25-26H,2,9-10H2,1H3. The maximum absolute atomic E-state index is 11.9. The highest BCUT2D eigenvalue weighted by atomic mass is 16.5. The topological polar surface area (TPSA) is 120 Å². The maximum atomic E-state index is 11.9. The molecule has 0 unspecified atom stereocenters. The van der Waals surface area contributed by atoms with Crippen molar-refractivity contribution in [1.82, 2.24) is 20.0 Å². The SMILES string of the molecule is CCOC(=O)c1ccc2nn(-c3ccc4c(OCCO)nccc4c3O)nc2c1. The van der Waals surface area contributed by atoms with Gasteiger partial charge < -0.3 is 19.7 Å². The molecule has 2 aromatic carbocycles. The quantitative estimate of drug-likeness (QED) is 0.478. The molecule has 9 nitrogen and oxygen atoms in total. The summed E-state index contributed by atoms with van der Waals surface area (Å²) in [5, 5.41) is 29.6. The molecule has 0 saturated heterocycles. The molecule has 9 heteroatoms. The number of ether oxygens (including phenoxy) is 2. The van der Waals surface area contributed by atoms with Gasteiger partial charge in [0.25, 0.3) is 0 Å². The molecule has 0 fully saturated rings. The van der Waals surface area contributed by atoms with Crippen LogP contribution in [-0.2, 0) is 4.74 Å². The zero-order valence-corrected chi connectivity index (χ0v) is 15.6. The number of aliphatic hydroxyl groups excluding tert-OH is 1. The number of fused-ring (bicyclic) bond motifs is 2. The summed E-state index contributed by atoms with van der Waals surface area (Å²) in [4.78, 5) is 17.4. The maximum Gasteiger partial charge on any atom is 0.338 e. The third-order valence-electron chi connectivity index (χ3n) is 4.30. The van der Waals surface area contributed by atoms with Gasteiger partial charge in [0.2, 0.25) is 5.88 Å². The Morgan fingerprint density at radius 3 is 2.72 bits per heavy atom. The van der Waals surface area contributed by atoms with Crippen molar-refractivity contribution in [2.24, 2.45) is 0 Å². The number of pyridine rings is 1. The Balaban J connectivity index is 1.77. The predicted molar refractivity (Wildman–Crippen MR) is 104 cm³/mol. The Kier molecular flexibility index (Phi) is 4.96. The van der Waals surface area contributed by atoms with Crippen LogP contribution in [0.3, 0.4) is 0 Å². The molecule has 0 aliphatic rings. The van der Waals surface area contributed by atoms with E-state index in [1.807, 2.05) is 0 Å². The Bertz CT molecular complexity index is 1200. The molecule has 0 bridgehead atoms. The van der Waals surface area contributed by atoms with E-state index in [0.29, 0.717) is 38.9 Å². The van der Waals surface area contributed by atoms with Crippen molar-refractivity contribution in [3.63, 3.8) is 0 Å². The molecular formula is C20H18N4O5. The third-order valence-corrected chi connectivity index (χ3v) is 4.30. The fraction of sp³-hybridized carbons (Fsp3) is 0.200. The fourth-order valence-electron chi connectivity index (χ4n) is 2.98. The average molecular weight is 394 g/mol. The minimum absolute atomic E-state index is 0.0373. The van der Waals surface area contributed by atoms with Gasteiger partial charge in [-0.05, 0) is 43.3 Å². The third kappa shape index (κ3) is 3.43. The number of hydrogen-bond donors (Lipinski definition) is 2. The number of hydrogen-bond acceptors (Lipinski definition) is 8. The lowest BCUT2D eigenvalue weighted by Gasteiger charge is -2.10. The number of phenolic OH excluding ortho intramolecular Hbond substituents is 1. The van der Waals surface area contributed by atoms with E-state index < -0.39 is 5.97 Å². The highest BCUT2D eigenvalue weighted by Gasteiger charge is 2.16. The number of carbonyl (C=O) groups excluding carboxylic acids is 1. The Labute approximate surface area is 165 Å². The Morgan fingerprint density at radius 2 is 1.93 bits per heavy atom. The highest BCUT2D eigenvalue weighted by molar-refractivity contribution is 5.95. The number of nitrogens with zero attached hydrogens (tertiary/aromatic N) is 4. The van der Waals surface area contributed by atoms with Gasteiger partial charge in [-0.15, -0.1) is 15.0 Å². The van der Waals surface area contributed by atoms with Crippen LogP contribution < -0.4 is 4.74 Å². The number of esters is 1. The van der Waals surface area contributed by atoms with Crippen molar-refractivity contribution >= 4 is 27.8 Å². The molecule has 4 aromatic rings. The molecule has 4 rings (SSSR count). The number of aromatic nitrogens is 4. The minimum Gasteiger partial charge on any atom is -0.505 e. The normalized spacial score (nSPS) is 11.1. The van der Waals surface area contributed by atoms with E-state index in [-0.39, 0.29) is 25.6 Å². The second-order valence-corrected chi connectivity index (χ2v) is 6.13. The van der Waals surface area contributed by atoms with Crippen LogP contribution >= 0.6 is 0 Å². The van der Waals surface area contributed by atoms with Gasteiger partial charge in [0, 0.05) is 17.0 Å². The Morgan fingerprint density at radius 1 is 1.10 bits per heavy atom. The zero-order chi connectivity index (χ0) is 20.4. The summed E-state index contributed by atoms with van der Waals surface area (Å²) in [5.41, 5.74) is 1.81. The van der Waals surface area contributed by atoms with Gasteiger partial charge in [-0.2, -0.15) is 0 Å². The summed E-state index contributed by atoms with van der Waals surface area (Å²) in [6.07, 6.45) is 1.51. The number of aliphatic hydroxyl groups is 1. The second kappa shape index (κ2) is 7.72. The summed E-state index contributed by atoms with van der Waals surface area (Å²) in [6, 6.07) is 9.93. The molecule has 2 N–H and O–H groups in total. The molecule has 0 aliphatic heterocycles. The lowest BCUT2D eigenvalue weighted by molar-refractivity contribution is 0.0526. The molecule has 148 valence electrons. The molecule has 2 heterocycles. The summed E-state index contributed by atoms with van der Waals surface area (Å²) in [6.45, 7) is 1.99. The van der Waals surface area contributed by atoms with E-state index >= 15 is 0 Å². The van der Waals surface area contributed by atoms with Crippen LogP contribution in [0.2, 0.25) is 0 Å².